The normalized spacial score (nSPS) is 27.7. The molecule has 1 saturated heterocycles. The van der Waals surface area contributed by atoms with Crippen molar-refractivity contribution >= 4 is 5.91 Å². The van der Waals surface area contributed by atoms with Crippen LogP contribution in [0.25, 0.3) is 0 Å². The van der Waals surface area contributed by atoms with Crippen molar-refractivity contribution in [3.8, 4) is 0 Å². The van der Waals surface area contributed by atoms with Crippen LogP contribution in [-0.4, -0.2) is 36.7 Å². The average molecular weight is 203 g/mol. The predicted molar refractivity (Wildman–Crippen MR) is 52.6 cm³/mol. The number of alkyl halides is 1. The van der Waals surface area contributed by atoms with Gasteiger partial charge in [0, 0.05) is 25.0 Å². The molecule has 1 atom stereocenters. The number of halogens is 1. The van der Waals surface area contributed by atoms with Gasteiger partial charge in [-0.2, -0.15) is 0 Å². The fourth-order valence-corrected chi connectivity index (χ4v) is 1.33. The van der Waals surface area contributed by atoms with Crippen molar-refractivity contribution in [1.29, 1.82) is 0 Å². The molecule has 1 amide bonds. The number of nitrogens with two attached hydrogens (primary N) is 1. The van der Waals surface area contributed by atoms with Crippen LogP contribution in [0.2, 0.25) is 0 Å². The van der Waals surface area contributed by atoms with Gasteiger partial charge in [-0.25, -0.2) is 4.39 Å². The molecule has 1 rings (SSSR count). The highest BCUT2D eigenvalue weighted by atomic mass is 19.1. The van der Waals surface area contributed by atoms with Gasteiger partial charge in [-0.3, -0.25) is 4.79 Å². The van der Waals surface area contributed by atoms with E-state index in [9.17, 15) is 9.18 Å². The molecule has 0 aromatic rings. The molecule has 1 unspecified atom stereocenters. The third kappa shape index (κ3) is 2.42. The van der Waals surface area contributed by atoms with E-state index < -0.39 is 17.1 Å². The molecule has 5 heteroatoms. The molecule has 0 radical (unpaired) electrons. The quantitative estimate of drug-likeness (QED) is 0.581. The van der Waals surface area contributed by atoms with Crippen molar-refractivity contribution in [3.05, 3.63) is 0 Å². The lowest BCUT2D eigenvalue weighted by Crippen LogP contribution is -2.55. The molecule has 0 saturated carbocycles. The lowest BCUT2D eigenvalue weighted by atomic mass is 10.0. The van der Waals surface area contributed by atoms with Gasteiger partial charge in [0.2, 0.25) is 5.67 Å². The van der Waals surface area contributed by atoms with Gasteiger partial charge in [0.25, 0.3) is 5.91 Å². The number of hydrogen-bond acceptors (Lipinski definition) is 3. The van der Waals surface area contributed by atoms with E-state index in [1.165, 1.54) is 0 Å². The largest absolute Gasteiger partial charge is 0.347 e. The fourth-order valence-electron chi connectivity index (χ4n) is 1.33. The molecule has 14 heavy (non-hydrogen) atoms. The van der Waals surface area contributed by atoms with Gasteiger partial charge in [-0.15, -0.1) is 0 Å². The Bertz CT molecular complexity index is 224. The van der Waals surface area contributed by atoms with Crippen molar-refractivity contribution in [2.75, 3.05) is 19.6 Å². The SMILES string of the molecule is CC(C)(CN)NC(=O)C1(F)CCNC1. The molecule has 0 bridgehead atoms. The summed E-state index contributed by atoms with van der Waals surface area (Å²) in [5, 5.41) is 5.44. The summed E-state index contributed by atoms with van der Waals surface area (Å²) in [4.78, 5) is 11.6. The summed E-state index contributed by atoms with van der Waals surface area (Å²) in [6.45, 7) is 4.49. The first-order valence-corrected chi connectivity index (χ1v) is 4.82. The molecule has 4 nitrogen and oxygen atoms in total. The first-order valence-electron chi connectivity index (χ1n) is 4.82. The highest BCUT2D eigenvalue weighted by Crippen LogP contribution is 2.20. The molecule has 0 aromatic carbocycles. The number of amides is 1. The van der Waals surface area contributed by atoms with E-state index >= 15 is 0 Å². The molecular formula is C9H18FN3O. The maximum absolute atomic E-state index is 13.9. The van der Waals surface area contributed by atoms with Crippen LogP contribution >= 0.6 is 0 Å². The summed E-state index contributed by atoms with van der Waals surface area (Å²) in [5.41, 5.74) is 3.14. The smallest absolute Gasteiger partial charge is 0.259 e. The Hall–Kier alpha value is -0.680. The Labute approximate surface area is 83.4 Å². The maximum atomic E-state index is 13.9. The Balaban J connectivity index is 2.57. The van der Waals surface area contributed by atoms with Gasteiger partial charge >= 0.3 is 0 Å². The lowest BCUT2D eigenvalue weighted by molar-refractivity contribution is -0.133. The third-order valence-corrected chi connectivity index (χ3v) is 2.47. The minimum atomic E-state index is -1.76. The van der Waals surface area contributed by atoms with E-state index in [-0.39, 0.29) is 13.0 Å². The number of hydrogen-bond donors (Lipinski definition) is 3. The van der Waals surface area contributed by atoms with Crippen LogP contribution in [0.4, 0.5) is 4.39 Å². The van der Waals surface area contributed by atoms with Crippen LogP contribution < -0.4 is 16.4 Å². The Morgan fingerprint density at radius 2 is 2.36 bits per heavy atom. The second kappa shape index (κ2) is 3.82. The van der Waals surface area contributed by atoms with Crippen LogP contribution in [0.5, 0.6) is 0 Å². The molecule has 0 spiro atoms. The topological polar surface area (TPSA) is 67.1 Å². The number of carbonyl (C=O) groups excluding carboxylic acids is 1. The van der Waals surface area contributed by atoms with Crippen molar-refractivity contribution in [2.45, 2.75) is 31.5 Å². The number of rotatable bonds is 3. The Morgan fingerprint density at radius 3 is 2.79 bits per heavy atom. The van der Waals surface area contributed by atoms with E-state index in [2.05, 4.69) is 10.6 Å². The highest BCUT2D eigenvalue weighted by molar-refractivity contribution is 5.86. The zero-order valence-corrected chi connectivity index (χ0v) is 8.69. The summed E-state index contributed by atoms with van der Waals surface area (Å²) in [6.07, 6.45) is 0.236. The molecule has 82 valence electrons. The standard InChI is InChI=1S/C9H18FN3O/c1-8(2,5-11)13-7(14)9(10)3-4-12-6-9/h12H,3-6,11H2,1-2H3,(H,13,14). The lowest BCUT2D eigenvalue weighted by Gasteiger charge is -2.28. The molecule has 4 N–H and O–H groups in total. The van der Waals surface area contributed by atoms with E-state index in [0.29, 0.717) is 13.1 Å². The van der Waals surface area contributed by atoms with E-state index in [1.54, 1.807) is 13.8 Å². The second-order valence-corrected chi connectivity index (χ2v) is 4.43. The van der Waals surface area contributed by atoms with E-state index in [4.69, 9.17) is 5.73 Å². The number of carbonyl (C=O) groups is 1. The van der Waals surface area contributed by atoms with Gasteiger partial charge in [0.15, 0.2) is 0 Å². The summed E-state index contributed by atoms with van der Waals surface area (Å²) >= 11 is 0. The Kier molecular flexibility index (Phi) is 3.11. The second-order valence-electron chi connectivity index (χ2n) is 4.43. The van der Waals surface area contributed by atoms with E-state index in [1.807, 2.05) is 0 Å². The van der Waals surface area contributed by atoms with Crippen LogP contribution in [-0.2, 0) is 4.79 Å². The summed E-state index contributed by atoms with van der Waals surface area (Å²) in [6, 6.07) is 0. The van der Waals surface area contributed by atoms with Crippen molar-refractivity contribution in [2.24, 2.45) is 5.73 Å². The van der Waals surface area contributed by atoms with Crippen molar-refractivity contribution in [1.82, 2.24) is 10.6 Å². The van der Waals surface area contributed by atoms with Gasteiger partial charge < -0.3 is 16.4 Å². The van der Waals surface area contributed by atoms with E-state index in [0.717, 1.165) is 0 Å². The monoisotopic (exact) mass is 203 g/mol. The third-order valence-electron chi connectivity index (χ3n) is 2.47. The summed E-state index contributed by atoms with van der Waals surface area (Å²) in [7, 11) is 0. The number of nitrogens with one attached hydrogen (secondary N) is 2. The van der Waals surface area contributed by atoms with Gasteiger partial charge in [0.1, 0.15) is 0 Å². The molecule has 0 aliphatic carbocycles. The fraction of sp³-hybridized carbons (Fsp3) is 0.889. The van der Waals surface area contributed by atoms with Crippen molar-refractivity contribution < 1.29 is 9.18 Å². The first-order chi connectivity index (χ1) is 6.40. The molecule has 1 aliphatic heterocycles. The van der Waals surface area contributed by atoms with Crippen LogP contribution in [0.3, 0.4) is 0 Å². The summed E-state index contributed by atoms with van der Waals surface area (Å²) < 4.78 is 13.9. The zero-order valence-electron chi connectivity index (χ0n) is 8.69. The minimum absolute atomic E-state index is 0.0967. The molecule has 1 heterocycles. The molecule has 1 fully saturated rings. The molecule has 1 aliphatic rings. The highest BCUT2D eigenvalue weighted by Gasteiger charge is 2.42. The predicted octanol–water partition coefficient (Wildman–Crippen LogP) is -0.458. The maximum Gasteiger partial charge on any atom is 0.259 e. The van der Waals surface area contributed by atoms with Gasteiger partial charge in [-0.05, 0) is 20.4 Å². The first kappa shape index (κ1) is 11.4. The van der Waals surface area contributed by atoms with Crippen LogP contribution in [0.1, 0.15) is 20.3 Å². The van der Waals surface area contributed by atoms with Crippen LogP contribution in [0, 0.1) is 0 Å². The van der Waals surface area contributed by atoms with Crippen molar-refractivity contribution in [3.63, 3.8) is 0 Å². The average Bonchev–Trinajstić information content (AvgIpc) is 2.53. The zero-order chi connectivity index (χ0) is 10.8. The minimum Gasteiger partial charge on any atom is -0.347 e. The van der Waals surface area contributed by atoms with Gasteiger partial charge in [0.05, 0.1) is 0 Å². The van der Waals surface area contributed by atoms with Crippen LogP contribution in [0.15, 0.2) is 0 Å². The molecular weight excluding hydrogens is 185 g/mol. The summed E-state index contributed by atoms with van der Waals surface area (Å²) in [5.74, 6) is -0.557. The Morgan fingerprint density at radius 1 is 1.71 bits per heavy atom. The van der Waals surface area contributed by atoms with Gasteiger partial charge in [-0.1, -0.05) is 0 Å². The molecule has 0 aromatic heterocycles.